The van der Waals surface area contributed by atoms with Gasteiger partial charge in [0, 0.05) is 5.02 Å². The molecule has 2 rings (SSSR count). The first-order valence-electron chi connectivity index (χ1n) is 4.46. The molecule has 0 aliphatic carbocycles. The molecule has 0 bridgehead atoms. The zero-order valence-electron chi connectivity index (χ0n) is 8.30. The molecule has 0 unspecified atom stereocenters. The lowest BCUT2D eigenvalue weighted by atomic mass is 10.3. The largest absolute Gasteiger partial charge is 0.572 e. The van der Waals surface area contributed by atoms with E-state index in [2.05, 4.69) is 4.72 Å². The predicted molar refractivity (Wildman–Crippen MR) is 71.0 cm³/mol. The van der Waals surface area contributed by atoms with Crippen molar-refractivity contribution < 1.29 is 8.42 Å². The van der Waals surface area contributed by atoms with Crippen LogP contribution in [0.15, 0.2) is 40.6 Å². The molecule has 0 fully saturated rings. The van der Waals surface area contributed by atoms with Crippen LogP contribution in [0.4, 0.5) is 5.69 Å². The van der Waals surface area contributed by atoms with E-state index in [1.54, 1.807) is 12.1 Å². The molecule has 2 aromatic rings. The first-order chi connectivity index (χ1) is 7.97. The minimum atomic E-state index is -3.69. The molecule has 0 atom stereocenters. The van der Waals surface area contributed by atoms with Crippen LogP contribution in [-0.4, -0.2) is 8.42 Å². The number of halogens is 2. The molecule has 0 spiro atoms. The highest BCUT2D eigenvalue weighted by atomic mass is 35.5. The third-order valence-electron chi connectivity index (χ3n) is 1.85. The number of hydrogen-bond donors (Lipinski definition) is 0. The Bertz CT molecular complexity index is 620. The lowest BCUT2D eigenvalue weighted by Crippen LogP contribution is -1.93. The molecule has 3 nitrogen and oxygen atoms in total. The predicted octanol–water partition coefficient (Wildman–Crippen LogP) is 4.45. The van der Waals surface area contributed by atoms with Crippen LogP contribution in [0.5, 0.6) is 0 Å². The summed E-state index contributed by atoms with van der Waals surface area (Å²) in [7, 11) is -3.69. The average molecular weight is 307 g/mol. The van der Waals surface area contributed by atoms with Gasteiger partial charge >= 0.3 is 0 Å². The van der Waals surface area contributed by atoms with Crippen LogP contribution < -0.4 is 0 Å². The maximum Gasteiger partial charge on any atom is 0.132 e. The zero-order valence-corrected chi connectivity index (χ0v) is 11.4. The highest BCUT2D eigenvalue weighted by Crippen LogP contribution is 2.33. The van der Waals surface area contributed by atoms with Crippen molar-refractivity contribution >= 4 is 50.2 Å². The Hall–Kier alpha value is -0.750. The maximum atomic E-state index is 11.9. The number of benzene rings is 1. The summed E-state index contributed by atoms with van der Waals surface area (Å²) in [4.78, 5) is 0. The third kappa shape index (κ3) is 3.13. The quantitative estimate of drug-likeness (QED) is 0.841. The highest BCUT2D eigenvalue weighted by Gasteiger charge is 2.07. The molecule has 0 aliphatic rings. The van der Waals surface area contributed by atoms with Gasteiger partial charge < -0.3 is 4.72 Å². The summed E-state index contributed by atoms with van der Waals surface area (Å²) in [5.74, 6) is 0. The van der Waals surface area contributed by atoms with E-state index in [0.29, 0.717) is 15.0 Å². The van der Waals surface area contributed by atoms with E-state index in [-0.39, 0.29) is 4.21 Å². The molecule has 0 amide bonds. The molecule has 0 radical (unpaired) electrons. The maximum absolute atomic E-state index is 11.9. The van der Waals surface area contributed by atoms with Gasteiger partial charge in [-0.25, -0.2) is 8.42 Å². The van der Waals surface area contributed by atoms with Gasteiger partial charge in [-0.2, -0.15) is 0 Å². The zero-order chi connectivity index (χ0) is 12.5. The molecule has 17 heavy (non-hydrogen) atoms. The van der Waals surface area contributed by atoms with Gasteiger partial charge in [-0.1, -0.05) is 35.3 Å². The Morgan fingerprint density at radius 3 is 2.18 bits per heavy atom. The molecule has 7 heteroatoms. The highest BCUT2D eigenvalue weighted by molar-refractivity contribution is 7.96. The number of thiophene rings is 1. The van der Waals surface area contributed by atoms with Crippen LogP contribution in [0, 0.1) is 0 Å². The Kier molecular flexibility index (Phi) is 3.63. The lowest BCUT2D eigenvalue weighted by Gasteiger charge is -2.20. The number of rotatable bonds is 3. The van der Waals surface area contributed by atoms with Crippen LogP contribution in [0.25, 0.3) is 4.72 Å². The minimum Gasteiger partial charge on any atom is -0.572 e. The molecule has 1 heterocycles. The van der Waals surface area contributed by atoms with Gasteiger partial charge in [0.15, 0.2) is 0 Å². The summed E-state index contributed by atoms with van der Waals surface area (Å²) in [6.07, 6.45) is 0. The van der Waals surface area contributed by atoms with Crippen LogP contribution in [0.3, 0.4) is 0 Å². The van der Waals surface area contributed by atoms with Crippen molar-refractivity contribution in [3.63, 3.8) is 0 Å². The summed E-state index contributed by atoms with van der Waals surface area (Å²) in [6.45, 7) is 0. The molecule has 0 saturated heterocycles. The van der Waals surface area contributed by atoms with E-state index in [1.165, 1.54) is 24.3 Å². The molecule has 90 valence electrons. The molecule has 1 aromatic heterocycles. The van der Waals surface area contributed by atoms with Crippen molar-refractivity contribution in [1.29, 1.82) is 0 Å². The monoisotopic (exact) mass is 306 g/mol. The fourth-order valence-electron chi connectivity index (χ4n) is 1.12. The smallest absolute Gasteiger partial charge is 0.132 e. The minimum absolute atomic E-state index is 0.123. The van der Waals surface area contributed by atoms with Crippen LogP contribution in [0.2, 0.25) is 9.36 Å². The SMILES string of the molecule is O=S(=O)([N-]c1ccc(Cl)cc1)c1ccc(Cl)s1. The fourth-order valence-corrected chi connectivity index (χ4v) is 3.69. The second kappa shape index (κ2) is 4.86. The molecular weight excluding hydrogens is 301 g/mol. The molecular formula is C10H6Cl2NO2S2-. The van der Waals surface area contributed by atoms with Crippen LogP contribution >= 0.6 is 34.5 Å². The lowest BCUT2D eigenvalue weighted by molar-refractivity contribution is 0.605. The van der Waals surface area contributed by atoms with Crippen molar-refractivity contribution in [1.82, 2.24) is 0 Å². The number of hydrogen-bond acceptors (Lipinski definition) is 3. The molecule has 0 N–H and O–H groups in total. The second-order valence-electron chi connectivity index (χ2n) is 3.10. The number of sulfonamides is 1. The third-order valence-corrected chi connectivity index (χ3v) is 5.11. The summed E-state index contributed by atoms with van der Waals surface area (Å²) in [5.41, 5.74) is 0.332. The fraction of sp³-hybridized carbons (Fsp3) is 0. The van der Waals surface area contributed by atoms with E-state index in [9.17, 15) is 8.42 Å². The summed E-state index contributed by atoms with van der Waals surface area (Å²) in [6, 6.07) is 9.19. The van der Waals surface area contributed by atoms with E-state index < -0.39 is 10.0 Å². The summed E-state index contributed by atoms with van der Waals surface area (Å²) < 4.78 is 27.9. The molecule has 0 aliphatic heterocycles. The van der Waals surface area contributed by atoms with Crippen LogP contribution in [-0.2, 0) is 10.0 Å². The first-order valence-corrected chi connectivity index (χ1v) is 7.47. The normalized spacial score (nSPS) is 11.4. The molecule has 1 aromatic carbocycles. The van der Waals surface area contributed by atoms with Gasteiger partial charge in [0.05, 0.1) is 4.34 Å². The second-order valence-corrected chi connectivity index (χ2v) is 7.08. The Labute approximate surface area is 113 Å². The van der Waals surface area contributed by atoms with E-state index in [1.807, 2.05) is 0 Å². The Morgan fingerprint density at radius 2 is 1.65 bits per heavy atom. The topological polar surface area (TPSA) is 48.2 Å². The van der Waals surface area contributed by atoms with Crippen molar-refractivity contribution in [3.05, 3.63) is 50.5 Å². The Morgan fingerprint density at radius 1 is 1.00 bits per heavy atom. The van der Waals surface area contributed by atoms with E-state index in [0.717, 1.165) is 11.3 Å². The molecule has 0 saturated carbocycles. The van der Waals surface area contributed by atoms with Gasteiger partial charge in [0.2, 0.25) is 0 Å². The van der Waals surface area contributed by atoms with Crippen molar-refractivity contribution in [2.24, 2.45) is 0 Å². The van der Waals surface area contributed by atoms with Crippen molar-refractivity contribution in [2.75, 3.05) is 0 Å². The van der Waals surface area contributed by atoms with E-state index in [4.69, 9.17) is 23.2 Å². The summed E-state index contributed by atoms with van der Waals surface area (Å²) >= 11 is 12.4. The van der Waals surface area contributed by atoms with Gasteiger partial charge in [-0.15, -0.1) is 17.0 Å². The summed E-state index contributed by atoms with van der Waals surface area (Å²) in [5, 5.41) is 0.528. The van der Waals surface area contributed by atoms with Crippen molar-refractivity contribution in [2.45, 2.75) is 4.21 Å². The first kappa shape index (κ1) is 12.7. The van der Waals surface area contributed by atoms with E-state index >= 15 is 0 Å². The Balaban J connectivity index is 2.26. The van der Waals surface area contributed by atoms with Gasteiger partial charge in [-0.05, 0) is 24.3 Å². The average Bonchev–Trinajstić information content (AvgIpc) is 2.69. The van der Waals surface area contributed by atoms with Crippen molar-refractivity contribution in [3.8, 4) is 0 Å². The van der Waals surface area contributed by atoms with Crippen LogP contribution in [0.1, 0.15) is 0 Å². The van der Waals surface area contributed by atoms with Gasteiger partial charge in [0.25, 0.3) is 0 Å². The van der Waals surface area contributed by atoms with Gasteiger partial charge in [0.1, 0.15) is 14.2 Å². The number of nitrogens with zero attached hydrogens (tertiary/aromatic N) is 1. The van der Waals surface area contributed by atoms with Gasteiger partial charge in [-0.3, -0.25) is 0 Å². The standard InChI is InChI=1S/C10H6Cl2NO2S2/c11-7-1-3-8(4-2-7)13-17(14,15)10-6-5-9(12)16-10/h1-6H/q-1.